The van der Waals surface area contributed by atoms with E-state index < -0.39 is 0 Å². The third-order valence-electron chi connectivity index (χ3n) is 3.59. The molecular weight excluding hydrogens is 222 g/mol. The quantitative estimate of drug-likeness (QED) is 0.855. The third kappa shape index (κ3) is 3.02. The Labute approximate surface area is 109 Å². The minimum Gasteiger partial charge on any atom is -0.381 e. The van der Waals surface area contributed by atoms with Crippen molar-refractivity contribution in [2.45, 2.75) is 45.2 Å². The van der Waals surface area contributed by atoms with E-state index in [4.69, 9.17) is 0 Å². The second kappa shape index (κ2) is 5.88. The second-order valence-electron chi connectivity index (χ2n) is 5.18. The minimum absolute atomic E-state index is 0.384. The van der Waals surface area contributed by atoms with Crippen LogP contribution in [0.15, 0.2) is 18.2 Å². The van der Waals surface area contributed by atoms with E-state index in [1.54, 1.807) is 0 Å². The van der Waals surface area contributed by atoms with Gasteiger partial charge in [0.15, 0.2) is 0 Å². The van der Waals surface area contributed by atoms with Crippen LogP contribution in [-0.4, -0.2) is 18.6 Å². The molecule has 1 fully saturated rings. The van der Waals surface area contributed by atoms with Crippen LogP contribution < -0.4 is 10.6 Å². The second-order valence-corrected chi connectivity index (χ2v) is 5.18. The molecule has 1 aliphatic rings. The lowest BCUT2D eigenvalue weighted by molar-refractivity contribution is 0.523. The molecule has 2 N–H and O–H groups in total. The molecule has 0 bridgehead atoms. The van der Waals surface area contributed by atoms with Crippen LogP contribution >= 0.6 is 0 Å². The monoisotopic (exact) mass is 243 g/mol. The van der Waals surface area contributed by atoms with Gasteiger partial charge in [-0.1, -0.05) is 12.1 Å². The number of rotatable bonds is 4. The fourth-order valence-corrected chi connectivity index (χ4v) is 2.65. The summed E-state index contributed by atoms with van der Waals surface area (Å²) in [6.45, 7) is 5.31. The maximum Gasteiger partial charge on any atom is 0.102 e. The number of aryl methyl sites for hydroxylation is 1. The normalized spacial score (nSPS) is 20.4. The molecule has 1 aliphatic heterocycles. The molecule has 1 heterocycles. The van der Waals surface area contributed by atoms with Crippen LogP contribution in [0.2, 0.25) is 0 Å². The summed E-state index contributed by atoms with van der Waals surface area (Å²) in [5, 5.41) is 16.2. The molecule has 3 heteroatoms. The average Bonchev–Trinajstić information content (AvgIpc) is 2.82. The zero-order chi connectivity index (χ0) is 13.0. The zero-order valence-corrected chi connectivity index (χ0v) is 11.2. The highest BCUT2D eigenvalue weighted by Gasteiger charge is 2.17. The number of anilines is 1. The summed E-state index contributed by atoms with van der Waals surface area (Å²) in [5.41, 5.74) is 2.76. The highest BCUT2D eigenvalue weighted by molar-refractivity contribution is 5.60. The molecule has 0 amide bonds. The standard InChI is InChI=1S/C15H21N3/c1-11-5-3-7-15(14(11)10-16)18-12(2)9-13-6-4-8-17-13/h3,5,7,12-13,17-18H,4,6,8-9H2,1-2H3. The van der Waals surface area contributed by atoms with Crippen LogP contribution in [-0.2, 0) is 0 Å². The topological polar surface area (TPSA) is 47.8 Å². The molecule has 2 unspecified atom stereocenters. The van der Waals surface area contributed by atoms with Gasteiger partial charge in [-0.15, -0.1) is 0 Å². The summed E-state index contributed by atoms with van der Waals surface area (Å²) in [7, 11) is 0. The first-order valence-electron chi connectivity index (χ1n) is 6.70. The van der Waals surface area contributed by atoms with Gasteiger partial charge in [0.05, 0.1) is 11.3 Å². The van der Waals surface area contributed by atoms with Gasteiger partial charge in [-0.25, -0.2) is 0 Å². The lowest BCUT2D eigenvalue weighted by Crippen LogP contribution is -2.29. The average molecular weight is 243 g/mol. The van der Waals surface area contributed by atoms with Crippen molar-refractivity contribution in [3.63, 3.8) is 0 Å². The minimum atomic E-state index is 0.384. The van der Waals surface area contributed by atoms with Crippen molar-refractivity contribution in [2.24, 2.45) is 0 Å². The van der Waals surface area contributed by atoms with Crippen LogP contribution in [0.25, 0.3) is 0 Å². The van der Waals surface area contributed by atoms with E-state index in [2.05, 4.69) is 23.6 Å². The highest BCUT2D eigenvalue weighted by atomic mass is 15.0. The molecule has 18 heavy (non-hydrogen) atoms. The van der Waals surface area contributed by atoms with Gasteiger partial charge in [-0.05, 0) is 51.3 Å². The van der Waals surface area contributed by atoms with E-state index in [1.807, 2.05) is 25.1 Å². The fourth-order valence-electron chi connectivity index (χ4n) is 2.65. The Bertz CT molecular complexity index is 442. The van der Waals surface area contributed by atoms with Crippen LogP contribution in [0.4, 0.5) is 5.69 Å². The molecule has 0 saturated carbocycles. The van der Waals surface area contributed by atoms with Gasteiger partial charge in [-0.3, -0.25) is 0 Å². The van der Waals surface area contributed by atoms with Crippen LogP contribution in [0.5, 0.6) is 0 Å². The zero-order valence-electron chi connectivity index (χ0n) is 11.2. The molecule has 2 atom stereocenters. The van der Waals surface area contributed by atoms with E-state index in [-0.39, 0.29) is 0 Å². The predicted octanol–water partition coefficient (Wildman–Crippen LogP) is 2.81. The van der Waals surface area contributed by atoms with Gasteiger partial charge < -0.3 is 10.6 Å². The Hall–Kier alpha value is -1.53. The van der Waals surface area contributed by atoms with E-state index in [0.717, 1.165) is 29.8 Å². The number of nitriles is 1. The molecule has 96 valence electrons. The van der Waals surface area contributed by atoms with Crippen molar-refractivity contribution in [1.29, 1.82) is 5.26 Å². The Morgan fingerprint density at radius 1 is 1.56 bits per heavy atom. The summed E-state index contributed by atoms with van der Waals surface area (Å²) in [6.07, 6.45) is 3.66. The highest BCUT2D eigenvalue weighted by Crippen LogP contribution is 2.21. The lowest BCUT2D eigenvalue weighted by atomic mass is 10.0. The van der Waals surface area contributed by atoms with Crippen LogP contribution in [0.3, 0.4) is 0 Å². The summed E-state index contributed by atoms with van der Waals surface area (Å²) >= 11 is 0. The first-order chi connectivity index (χ1) is 8.70. The van der Waals surface area contributed by atoms with E-state index in [9.17, 15) is 5.26 Å². The molecule has 0 aliphatic carbocycles. The van der Waals surface area contributed by atoms with E-state index in [1.165, 1.54) is 12.8 Å². The largest absolute Gasteiger partial charge is 0.381 e. The number of nitrogens with one attached hydrogen (secondary N) is 2. The van der Waals surface area contributed by atoms with Crippen molar-refractivity contribution < 1.29 is 0 Å². The smallest absolute Gasteiger partial charge is 0.102 e. The molecule has 3 nitrogen and oxygen atoms in total. The first-order valence-corrected chi connectivity index (χ1v) is 6.70. The fraction of sp³-hybridized carbons (Fsp3) is 0.533. The van der Waals surface area contributed by atoms with Crippen LogP contribution in [0.1, 0.15) is 37.3 Å². The molecule has 0 spiro atoms. The molecular formula is C15H21N3. The SMILES string of the molecule is Cc1cccc(NC(C)CC2CCCN2)c1C#N. The molecule has 0 radical (unpaired) electrons. The summed E-state index contributed by atoms with van der Waals surface area (Å²) in [4.78, 5) is 0. The van der Waals surface area contributed by atoms with Gasteiger partial charge in [-0.2, -0.15) is 5.26 Å². The van der Waals surface area contributed by atoms with Crippen molar-refractivity contribution in [3.05, 3.63) is 29.3 Å². The van der Waals surface area contributed by atoms with Crippen molar-refractivity contribution in [3.8, 4) is 6.07 Å². The number of hydrogen-bond acceptors (Lipinski definition) is 3. The molecule has 2 rings (SSSR count). The Morgan fingerprint density at radius 2 is 2.39 bits per heavy atom. The van der Waals surface area contributed by atoms with E-state index >= 15 is 0 Å². The van der Waals surface area contributed by atoms with Gasteiger partial charge in [0.25, 0.3) is 0 Å². The number of nitrogens with zero attached hydrogens (tertiary/aromatic N) is 1. The Balaban J connectivity index is 2.00. The predicted molar refractivity (Wildman–Crippen MR) is 74.6 cm³/mol. The third-order valence-corrected chi connectivity index (χ3v) is 3.59. The Morgan fingerprint density at radius 3 is 3.06 bits per heavy atom. The first kappa shape index (κ1) is 12.9. The molecule has 1 aromatic rings. The lowest BCUT2D eigenvalue weighted by Gasteiger charge is -2.20. The number of benzene rings is 1. The van der Waals surface area contributed by atoms with Crippen molar-refractivity contribution in [2.75, 3.05) is 11.9 Å². The van der Waals surface area contributed by atoms with Crippen molar-refractivity contribution >= 4 is 5.69 Å². The summed E-state index contributed by atoms with van der Waals surface area (Å²) < 4.78 is 0. The summed E-state index contributed by atoms with van der Waals surface area (Å²) in [6, 6.07) is 9.26. The Kier molecular flexibility index (Phi) is 4.22. The van der Waals surface area contributed by atoms with E-state index in [0.29, 0.717) is 12.1 Å². The van der Waals surface area contributed by atoms with Gasteiger partial charge >= 0.3 is 0 Å². The maximum absolute atomic E-state index is 9.19. The van der Waals surface area contributed by atoms with Gasteiger partial charge in [0.2, 0.25) is 0 Å². The number of hydrogen-bond donors (Lipinski definition) is 2. The van der Waals surface area contributed by atoms with Crippen molar-refractivity contribution in [1.82, 2.24) is 5.32 Å². The summed E-state index contributed by atoms with van der Waals surface area (Å²) in [5.74, 6) is 0. The molecule has 1 aromatic carbocycles. The van der Waals surface area contributed by atoms with Crippen LogP contribution in [0, 0.1) is 18.3 Å². The maximum atomic E-state index is 9.19. The van der Waals surface area contributed by atoms with Gasteiger partial charge in [0.1, 0.15) is 6.07 Å². The van der Waals surface area contributed by atoms with Gasteiger partial charge in [0, 0.05) is 12.1 Å². The molecule has 0 aromatic heterocycles. The molecule has 1 saturated heterocycles.